The normalized spacial score (nSPS) is 18.3. The minimum Gasteiger partial charge on any atom is -0.383 e. The Morgan fingerprint density at radius 2 is 1.94 bits per heavy atom. The van der Waals surface area contributed by atoms with Crippen LogP contribution in [-0.2, 0) is 16.0 Å². The molecule has 4 aromatic rings. The third-order valence-electron chi connectivity index (χ3n) is 6.34. The minimum atomic E-state index is -0.704. The number of methoxy groups -OCH3 is 1. The Labute approximate surface area is 201 Å². The second kappa shape index (κ2) is 9.71. The number of aromatic nitrogens is 6. The number of ether oxygens (including phenoxy) is 2. The summed E-state index contributed by atoms with van der Waals surface area (Å²) in [6, 6.07) is 3.45. The van der Waals surface area contributed by atoms with Crippen molar-refractivity contribution in [1.29, 1.82) is 0 Å². The maximum Gasteiger partial charge on any atom is 0.182 e. The maximum atomic E-state index is 14.8. The van der Waals surface area contributed by atoms with Crippen molar-refractivity contribution in [3.8, 4) is 11.3 Å². The largest absolute Gasteiger partial charge is 0.383 e. The molecular weight excluding hydrogens is 454 g/mol. The van der Waals surface area contributed by atoms with Crippen molar-refractivity contribution in [2.75, 3.05) is 20.3 Å². The van der Waals surface area contributed by atoms with Gasteiger partial charge in [-0.15, -0.1) is 0 Å². The fraction of sp³-hybridized carbons (Fsp3) is 0.400. The smallest absolute Gasteiger partial charge is 0.182 e. The van der Waals surface area contributed by atoms with Crippen molar-refractivity contribution in [3.63, 3.8) is 0 Å². The Balaban J connectivity index is 1.53. The summed E-state index contributed by atoms with van der Waals surface area (Å²) in [7, 11) is 1.65. The summed E-state index contributed by atoms with van der Waals surface area (Å²) in [4.78, 5) is 18.7. The number of fused-ring (bicyclic) bond motifs is 1. The lowest BCUT2D eigenvalue weighted by Crippen LogP contribution is -2.20. The molecule has 0 N–H and O–H groups in total. The molecule has 1 fully saturated rings. The minimum absolute atomic E-state index is 0.0360. The van der Waals surface area contributed by atoms with Crippen LogP contribution in [0, 0.1) is 25.5 Å². The van der Waals surface area contributed by atoms with E-state index in [1.165, 1.54) is 12.1 Å². The van der Waals surface area contributed by atoms with Gasteiger partial charge in [-0.05, 0) is 38.8 Å². The van der Waals surface area contributed by atoms with Gasteiger partial charge in [-0.3, -0.25) is 4.68 Å². The molecule has 1 aliphatic heterocycles. The Bertz CT molecular complexity index is 1380. The van der Waals surface area contributed by atoms with Crippen LogP contribution >= 0.6 is 0 Å². The van der Waals surface area contributed by atoms with Crippen molar-refractivity contribution in [1.82, 2.24) is 29.7 Å². The zero-order valence-electron chi connectivity index (χ0n) is 19.8. The van der Waals surface area contributed by atoms with Gasteiger partial charge >= 0.3 is 0 Å². The number of benzene rings is 1. The maximum absolute atomic E-state index is 14.8. The van der Waals surface area contributed by atoms with E-state index >= 15 is 0 Å². The first kappa shape index (κ1) is 23.4. The summed E-state index contributed by atoms with van der Waals surface area (Å²) in [5.74, 6) is -0.842. The van der Waals surface area contributed by atoms with Crippen LogP contribution in [0.15, 0.2) is 30.6 Å². The zero-order chi connectivity index (χ0) is 24.5. The SMILES string of the molecule is COCCn1cc([C@H]2C[C@H](c3nc(-c4ccc(F)cc4F)c4nc(C)c(C)nc4n3)CCO2)cn1. The predicted molar refractivity (Wildman–Crippen MR) is 125 cm³/mol. The average Bonchev–Trinajstić information content (AvgIpc) is 3.32. The summed E-state index contributed by atoms with van der Waals surface area (Å²) < 4.78 is 41.4. The van der Waals surface area contributed by atoms with E-state index in [0.717, 1.165) is 17.3 Å². The summed E-state index contributed by atoms with van der Waals surface area (Å²) in [6.45, 7) is 5.44. The summed E-state index contributed by atoms with van der Waals surface area (Å²) in [5, 5.41) is 4.39. The van der Waals surface area contributed by atoms with Crippen molar-refractivity contribution < 1.29 is 18.3 Å². The molecule has 0 amide bonds. The topological polar surface area (TPSA) is 87.8 Å². The average molecular weight is 481 g/mol. The summed E-state index contributed by atoms with van der Waals surface area (Å²) in [6.07, 6.45) is 4.96. The number of nitrogens with zero attached hydrogens (tertiary/aromatic N) is 6. The van der Waals surface area contributed by atoms with E-state index in [1.807, 2.05) is 24.7 Å². The van der Waals surface area contributed by atoms with Crippen molar-refractivity contribution in [2.45, 2.75) is 45.3 Å². The van der Waals surface area contributed by atoms with Crippen LogP contribution in [0.1, 0.15) is 47.6 Å². The zero-order valence-corrected chi connectivity index (χ0v) is 19.8. The molecule has 182 valence electrons. The van der Waals surface area contributed by atoms with E-state index in [9.17, 15) is 8.78 Å². The molecule has 1 aromatic carbocycles. The van der Waals surface area contributed by atoms with E-state index < -0.39 is 11.6 Å². The van der Waals surface area contributed by atoms with Crippen LogP contribution < -0.4 is 0 Å². The second-order valence-electron chi connectivity index (χ2n) is 8.73. The molecule has 0 bridgehead atoms. The van der Waals surface area contributed by atoms with E-state index in [1.54, 1.807) is 13.3 Å². The molecule has 0 aliphatic carbocycles. The van der Waals surface area contributed by atoms with Crippen LogP contribution in [0.25, 0.3) is 22.4 Å². The van der Waals surface area contributed by atoms with Crippen molar-refractivity contribution >= 4 is 11.2 Å². The lowest BCUT2D eigenvalue weighted by atomic mass is 9.92. The van der Waals surface area contributed by atoms with Gasteiger partial charge in [-0.2, -0.15) is 5.10 Å². The van der Waals surface area contributed by atoms with Gasteiger partial charge in [0.25, 0.3) is 0 Å². The highest BCUT2D eigenvalue weighted by molar-refractivity contribution is 5.87. The lowest BCUT2D eigenvalue weighted by Gasteiger charge is -2.28. The highest BCUT2D eigenvalue weighted by Gasteiger charge is 2.29. The molecule has 0 unspecified atom stereocenters. The fourth-order valence-electron chi connectivity index (χ4n) is 4.30. The first-order valence-corrected chi connectivity index (χ1v) is 11.5. The van der Waals surface area contributed by atoms with Gasteiger partial charge in [0, 0.05) is 43.0 Å². The number of hydrogen-bond donors (Lipinski definition) is 0. The van der Waals surface area contributed by atoms with Gasteiger partial charge in [0.05, 0.1) is 36.8 Å². The molecular formula is C25H26F2N6O2. The molecule has 8 nitrogen and oxygen atoms in total. The third-order valence-corrected chi connectivity index (χ3v) is 6.34. The molecule has 35 heavy (non-hydrogen) atoms. The number of halogens is 2. The molecule has 2 atom stereocenters. The first-order chi connectivity index (χ1) is 16.9. The fourth-order valence-corrected chi connectivity index (χ4v) is 4.30. The molecule has 5 rings (SSSR count). The van der Waals surface area contributed by atoms with Crippen molar-refractivity contribution in [2.24, 2.45) is 0 Å². The second-order valence-corrected chi connectivity index (χ2v) is 8.73. The number of hydrogen-bond acceptors (Lipinski definition) is 7. The lowest BCUT2D eigenvalue weighted by molar-refractivity contribution is 0.00394. The van der Waals surface area contributed by atoms with Gasteiger partial charge in [0.15, 0.2) is 5.65 Å². The van der Waals surface area contributed by atoms with Crippen LogP contribution in [0.4, 0.5) is 8.78 Å². The number of aryl methyl sites for hydroxylation is 2. The standard InChI is InChI=1S/C25H26F2N6O2/c1-14-15(2)30-25-23(29-14)22(19-5-4-18(26)11-20(19)27)31-24(32-25)16-6-8-35-21(10-16)17-12-28-33(13-17)7-9-34-3/h4-5,11-13,16,21H,6-10H2,1-3H3/t16-,21-/m1/s1. The van der Waals surface area contributed by atoms with Gasteiger partial charge in [0.2, 0.25) is 0 Å². The van der Waals surface area contributed by atoms with Crippen LogP contribution in [0.2, 0.25) is 0 Å². The molecule has 10 heteroatoms. The summed E-state index contributed by atoms with van der Waals surface area (Å²) >= 11 is 0. The van der Waals surface area contributed by atoms with Crippen LogP contribution in [0.3, 0.4) is 0 Å². The van der Waals surface area contributed by atoms with E-state index in [0.29, 0.717) is 61.0 Å². The van der Waals surface area contributed by atoms with E-state index in [-0.39, 0.29) is 17.6 Å². The first-order valence-electron chi connectivity index (χ1n) is 11.5. The molecule has 0 radical (unpaired) electrons. The Hall–Kier alpha value is -3.37. The van der Waals surface area contributed by atoms with Crippen LogP contribution in [0.5, 0.6) is 0 Å². The number of rotatable bonds is 6. The highest BCUT2D eigenvalue weighted by atomic mass is 19.1. The van der Waals surface area contributed by atoms with Gasteiger partial charge < -0.3 is 9.47 Å². The molecule has 1 saturated heterocycles. The van der Waals surface area contributed by atoms with Crippen LogP contribution in [-0.4, -0.2) is 50.0 Å². The Morgan fingerprint density at radius 1 is 1.11 bits per heavy atom. The molecule has 1 aliphatic rings. The quantitative estimate of drug-likeness (QED) is 0.403. The van der Waals surface area contributed by atoms with Gasteiger partial charge in [-0.25, -0.2) is 28.7 Å². The monoisotopic (exact) mass is 480 g/mol. The molecule has 0 saturated carbocycles. The van der Waals surface area contributed by atoms with Gasteiger partial charge in [0.1, 0.15) is 28.7 Å². The van der Waals surface area contributed by atoms with Gasteiger partial charge in [-0.1, -0.05) is 0 Å². The molecule has 4 heterocycles. The molecule has 0 spiro atoms. The third kappa shape index (κ3) is 4.76. The highest BCUT2D eigenvalue weighted by Crippen LogP contribution is 2.38. The van der Waals surface area contributed by atoms with E-state index in [4.69, 9.17) is 19.4 Å². The Morgan fingerprint density at radius 3 is 2.74 bits per heavy atom. The summed E-state index contributed by atoms with van der Waals surface area (Å²) in [5.41, 5.74) is 3.68. The van der Waals surface area contributed by atoms with Crippen molar-refractivity contribution in [3.05, 3.63) is 65.0 Å². The molecule has 3 aromatic heterocycles. The predicted octanol–water partition coefficient (Wildman–Crippen LogP) is 4.46. The Kier molecular flexibility index (Phi) is 6.48. The van der Waals surface area contributed by atoms with E-state index in [2.05, 4.69) is 15.1 Å².